The Morgan fingerprint density at radius 2 is 1.84 bits per heavy atom. The van der Waals surface area contributed by atoms with E-state index in [-0.39, 0.29) is 19.0 Å². The van der Waals surface area contributed by atoms with Crippen molar-refractivity contribution in [1.82, 2.24) is 15.3 Å². The molecule has 5 rings (SSSR count). The number of nitrogens with zero attached hydrogens (tertiary/aromatic N) is 2. The molecule has 1 atom stereocenters. The maximum Gasteiger partial charge on any atom is 0.300 e. The maximum absolute atomic E-state index is 13.7. The standard InChI is InChI=1S/C28H23ClN4O3.ClH/c1-16-10-17(2)24-22(11-16)26(34)28(36)33(24)25(27(35)31-13-18-4-3-5-21(29)12-18)20-8-6-19(7-9-20)23-14-30-15-32-23;/h3-12,14-15,25H,13H2,1-2H3,(H,30,32)(H,31,35);1H. The first-order valence-electron chi connectivity index (χ1n) is 11.4. The van der Waals surface area contributed by atoms with Crippen molar-refractivity contribution in [2.45, 2.75) is 26.4 Å². The molecule has 2 heterocycles. The molecule has 0 fully saturated rings. The van der Waals surface area contributed by atoms with Crippen molar-refractivity contribution in [2.24, 2.45) is 0 Å². The van der Waals surface area contributed by atoms with Crippen molar-refractivity contribution in [3.05, 3.63) is 106 Å². The lowest BCUT2D eigenvalue weighted by molar-refractivity contribution is -0.125. The molecule has 188 valence electrons. The minimum atomic E-state index is -1.04. The Morgan fingerprint density at radius 1 is 1.08 bits per heavy atom. The van der Waals surface area contributed by atoms with E-state index in [1.54, 1.807) is 48.9 Å². The van der Waals surface area contributed by atoms with Crippen molar-refractivity contribution in [1.29, 1.82) is 0 Å². The molecule has 1 unspecified atom stereocenters. The van der Waals surface area contributed by atoms with E-state index in [1.165, 1.54) is 4.90 Å². The number of Topliss-reactive ketones (excluding diaryl/α,β-unsaturated/α-hetero) is 1. The van der Waals surface area contributed by atoms with E-state index < -0.39 is 23.6 Å². The number of benzene rings is 3. The second-order valence-electron chi connectivity index (χ2n) is 8.82. The van der Waals surface area contributed by atoms with Gasteiger partial charge in [0.2, 0.25) is 5.91 Å². The van der Waals surface area contributed by atoms with Crippen molar-refractivity contribution < 1.29 is 14.4 Å². The summed E-state index contributed by atoms with van der Waals surface area (Å²) in [6.45, 7) is 3.93. The van der Waals surface area contributed by atoms with Crippen LogP contribution in [0.25, 0.3) is 11.3 Å². The van der Waals surface area contributed by atoms with Crippen LogP contribution < -0.4 is 10.2 Å². The van der Waals surface area contributed by atoms with Gasteiger partial charge in [0.25, 0.3) is 5.78 Å². The molecule has 0 saturated carbocycles. The molecule has 1 aromatic heterocycles. The summed E-state index contributed by atoms with van der Waals surface area (Å²) < 4.78 is 0. The minimum absolute atomic E-state index is 0. The van der Waals surface area contributed by atoms with Crippen LogP contribution >= 0.6 is 24.0 Å². The van der Waals surface area contributed by atoms with Crippen LogP contribution in [0.5, 0.6) is 0 Å². The Balaban J connectivity index is 0.00000320. The number of anilines is 1. The first kappa shape index (κ1) is 26.1. The predicted octanol–water partition coefficient (Wildman–Crippen LogP) is 5.36. The number of halogens is 2. The third-order valence-electron chi connectivity index (χ3n) is 6.24. The molecule has 7 nitrogen and oxygen atoms in total. The highest BCUT2D eigenvalue weighted by atomic mass is 35.5. The molecule has 3 aromatic carbocycles. The largest absolute Gasteiger partial charge is 0.350 e. The number of ketones is 1. The highest BCUT2D eigenvalue weighted by Crippen LogP contribution is 2.39. The number of fused-ring (bicyclic) bond motifs is 1. The number of hydrogen-bond donors (Lipinski definition) is 2. The Hall–Kier alpha value is -3.94. The van der Waals surface area contributed by atoms with Crippen LogP contribution in [0.1, 0.15) is 38.7 Å². The molecule has 0 bridgehead atoms. The lowest BCUT2D eigenvalue weighted by atomic mass is 9.99. The average Bonchev–Trinajstić information content (AvgIpc) is 3.48. The zero-order chi connectivity index (χ0) is 25.4. The van der Waals surface area contributed by atoms with Gasteiger partial charge in [0.15, 0.2) is 0 Å². The summed E-state index contributed by atoms with van der Waals surface area (Å²) in [6, 6.07) is 17.0. The lowest BCUT2D eigenvalue weighted by Crippen LogP contribution is -2.43. The highest BCUT2D eigenvalue weighted by molar-refractivity contribution is 6.53. The number of aromatic nitrogens is 2. The van der Waals surface area contributed by atoms with Crippen molar-refractivity contribution in [2.75, 3.05) is 4.90 Å². The molecular weight excluding hydrogens is 511 g/mol. The molecule has 4 aromatic rings. The number of imidazole rings is 1. The quantitative estimate of drug-likeness (QED) is 0.325. The Bertz CT molecular complexity index is 1480. The van der Waals surface area contributed by atoms with Crippen LogP contribution in [0, 0.1) is 13.8 Å². The third kappa shape index (κ3) is 5.01. The number of hydrogen-bond acceptors (Lipinski definition) is 4. The zero-order valence-electron chi connectivity index (χ0n) is 20.1. The van der Waals surface area contributed by atoms with Gasteiger partial charge >= 0.3 is 5.91 Å². The number of H-pyrrole nitrogens is 1. The van der Waals surface area contributed by atoms with E-state index in [0.717, 1.165) is 27.9 Å². The van der Waals surface area contributed by atoms with Crippen molar-refractivity contribution in [3.8, 4) is 11.3 Å². The van der Waals surface area contributed by atoms with Crippen LogP contribution in [0.15, 0.2) is 73.2 Å². The van der Waals surface area contributed by atoms with E-state index in [9.17, 15) is 14.4 Å². The number of carbonyl (C=O) groups excluding carboxylic acids is 3. The molecule has 0 radical (unpaired) electrons. The SMILES string of the molecule is Cc1cc(C)c2c(c1)C(=O)C(=O)N2C(C(=O)NCc1cccc(Cl)c1)c1ccc(-c2cnc[nH]2)cc1.Cl. The smallest absolute Gasteiger partial charge is 0.300 e. The fourth-order valence-corrected chi connectivity index (χ4v) is 4.85. The number of aromatic amines is 1. The zero-order valence-corrected chi connectivity index (χ0v) is 21.7. The molecule has 0 saturated heterocycles. The van der Waals surface area contributed by atoms with Crippen LogP contribution in [-0.4, -0.2) is 27.6 Å². The summed E-state index contributed by atoms with van der Waals surface area (Å²) in [5, 5.41) is 3.48. The van der Waals surface area contributed by atoms with Crippen LogP contribution in [0.3, 0.4) is 0 Å². The Morgan fingerprint density at radius 3 is 2.51 bits per heavy atom. The van der Waals surface area contributed by atoms with Crippen LogP contribution in [0.4, 0.5) is 5.69 Å². The molecule has 0 aliphatic carbocycles. The number of nitrogens with one attached hydrogen (secondary N) is 2. The minimum Gasteiger partial charge on any atom is -0.350 e. The van der Waals surface area contributed by atoms with E-state index in [4.69, 9.17) is 11.6 Å². The van der Waals surface area contributed by atoms with Gasteiger partial charge in [-0.1, -0.05) is 54.1 Å². The second kappa shape index (κ2) is 10.6. The monoisotopic (exact) mass is 534 g/mol. The molecule has 1 aliphatic rings. The molecular formula is C28H24Cl2N4O3. The van der Waals surface area contributed by atoms with E-state index in [0.29, 0.717) is 21.8 Å². The van der Waals surface area contributed by atoms with Gasteiger partial charge in [-0.05, 0) is 59.9 Å². The molecule has 0 spiro atoms. The second-order valence-corrected chi connectivity index (χ2v) is 9.26. The van der Waals surface area contributed by atoms with Gasteiger partial charge in [-0.3, -0.25) is 19.3 Å². The maximum atomic E-state index is 13.7. The molecule has 9 heteroatoms. The van der Waals surface area contributed by atoms with E-state index in [2.05, 4.69) is 15.3 Å². The van der Waals surface area contributed by atoms with Crippen molar-refractivity contribution >= 4 is 47.3 Å². The van der Waals surface area contributed by atoms with Gasteiger partial charge < -0.3 is 10.3 Å². The summed E-state index contributed by atoms with van der Waals surface area (Å²) in [5.74, 6) is -1.74. The van der Waals surface area contributed by atoms with Gasteiger partial charge in [-0.25, -0.2) is 4.98 Å². The first-order chi connectivity index (χ1) is 17.3. The lowest BCUT2D eigenvalue weighted by Gasteiger charge is -2.29. The summed E-state index contributed by atoms with van der Waals surface area (Å²) in [5.41, 5.74) is 5.52. The topological polar surface area (TPSA) is 95.2 Å². The fourth-order valence-electron chi connectivity index (χ4n) is 4.63. The third-order valence-corrected chi connectivity index (χ3v) is 6.48. The van der Waals surface area contributed by atoms with E-state index in [1.807, 2.05) is 38.1 Å². The molecule has 2 amide bonds. The van der Waals surface area contributed by atoms with Gasteiger partial charge in [0.1, 0.15) is 6.04 Å². The van der Waals surface area contributed by atoms with Crippen LogP contribution in [-0.2, 0) is 16.1 Å². The Labute approximate surface area is 225 Å². The van der Waals surface area contributed by atoms with Gasteiger partial charge in [0.05, 0.1) is 29.5 Å². The first-order valence-corrected chi connectivity index (χ1v) is 11.8. The molecule has 37 heavy (non-hydrogen) atoms. The number of carbonyl (C=O) groups is 3. The number of rotatable bonds is 6. The molecule has 2 N–H and O–H groups in total. The van der Waals surface area contributed by atoms with Gasteiger partial charge in [-0.2, -0.15) is 0 Å². The summed E-state index contributed by atoms with van der Waals surface area (Å²) in [4.78, 5) is 48.3. The van der Waals surface area contributed by atoms with Crippen LogP contribution in [0.2, 0.25) is 5.02 Å². The number of aryl methyl sites for hydroxylation is 2. The molecule has 1 aliphatic heterocycles. The summed E-state index contributed by atoms with van der Waals surface area (Å²) >= 11 is 6.09. The van der Waals surface area contributed by atoms with Gasteiger partial charge in [-0.15, -0.1) is 12.4 Å². The summed E-state index contributed by atoms with van der Waals surface area (Å²) in [6.07, 6.45) is 3.29. The Kier molecular flexibility index (Phi) is 7.47. The average molecular weight is 535 g/mol. The highest BCUT2D eigenvalue weighted by Gasteiger charge is 2.44. The summed E-state index contributed by atoms with van der Waals surface area (Å²) in [7, 11) is 0. The predicted molar refractivity (Wildman–Crippen MR) is 145 cm³/mol. The fraction of sp³-hybridized carbons (Fsp3) is 0.143. The van der Waals surface area contributed by atoms with E-state index >= 15 is 0 Å². The normalized spacial score (nSPS) is 13.2. The number of amides is 2. The van der Waals surface area contributed by atoms with Gasteiger partial charge in [0, 0.05) is 11.6 Å². The van der Waals surface area contributed by atoms with Crippen molar-refractivity contribution in [3.63, 3.8) is 0 Å².